The minimum Gasteiger partial charge on any atom is -0.241 e. The van der Waals surface area contributed by atoms with E-state index in [0.717, 1.165) is 17.0 Å². The Morgan fingerprint density at radius 3 is 2.85 bits per heavy atom. The summed E-state index contributed by atoms with van der Waals surface area (Å²) in [5.41, 5.74) is 3.38. The molecule has 1 aromatic heterocycles. The standard InChI is InChI=1S/C18H20N2/c1-14-5-4-6-15(8-7-14)17-13-16-9-10-18(2,3)11-12-20(16)19-17/h4-14H,1-3H3. The highest BCUT2D eigenvalue weighted by molar-refractivity contribution is 5.75. The molecule has 0 radical (unpaired) electrons. The first-order valence-electron chi connectivity index (χ1n) is 7.09. The van der Waals surface area contributed by atoms with E-state index in [-0.39, 0.29) is 5.41 Å². The number of nitrogens with zero attached hydrogens (tertiary/aromatic N) is 2. The van der Waals surface area contributed by atoms with E-state index in [0.29, 0.717) is 5.92 Å². The van der Waals surface area contributed by atoms with Crippen molar-refractivity contribution in [1.29, 1.82) is 0 Å². The monoisotopic (exact) mass is 264 g/mol. The number of hydrogen-bond acceptors (Lipinski definition) is 1. The van der Waals surface area contributed by atoms with E-state index in [2.05, 4.69) is 81.6 Å². The van der Waals surface area contributed by atoms with Crippen LogP contribution in [-0.2, 0) is 0 Å². The highest BCUT2D eigenvalue weighted by atomic mass is 15.3. The zero-order valence-electron chi connectivity index (χ0n) is 12.2. The van der Waals surface area contributed by atoms with E-state index in [1.54, 1.807) is 0 Å². The molecule has 2 heteroatoms. The molecule has 1 aliphatic carbocycles. The number of aromatic nitrogens is 2. The Morgan fingerprint density at radius 2 is 2.00 bits per heavy atom. The van der Waals surface area contributed by atoms with E-state index in [1.807, 2.05) is 4.68 Å². The minimum atomic E-state index is 0.0839. The summed E-state index contributed by atoms with van der Waals surface area (Å²) in [7, 11) is 0. The van der Waals surface area contributed by atoms with Gasteiger partial charge in [-0.3, -0.25) is 0 Å². The molecule has 1 atom stereocenters. The van der Waals surface area contributed by atoms with Crippen LogP contribution in [0.25, 0.3) is 17.8 Å². The van der Waals surface area contributed by atoms with Gasteiger partial charge in [-0.05, 0) is 18.1 Å². The summed E-state index contributed by atoms with van der Waals surface area (Å²) in [4.78, 5) is 0. The molecule has 1 unspecified atom stereocenters. The smallest absolute Gasteiger partial charge is 0.0933 e. The Morgan fingerprint density at radius 1 is 1.15 bits per heavy atom. The second-order valence-electron chi connectivity index (χ2n) is 6.09. The summed E-state index contributed by atoms with van der Waals surface area (Å²) < 4.78 is 1.95. The molecular formula is C18H20N2. The number of rotatable bonds is 1. The molecule has 0 bridgehead atoms. The first-order valence-corrected chi connectivity index (χ1v) is 7.09. The van der Waals surface area contributed by atoms with Crippen molar-refractivity contribution in [2.24, 2.45) is 11.3 Å². The number of fused-ring (bicyclic) bond motifs is 1. The van der Waals surface area contributed by atoms with Crippen LogP contribution in [0.2, 0.25) is 0 Å². The maximum atomic E-state index is 4.69. The summed E-state index contributed by atoms with van der Waals surface area (Å²) >= 11 is 0. The topological polar surface area (TPSA) is 17.8 Å². The van der Waals surface area contributed by atoms with Crippen molar-refractivity contribution in [2.45, 2.75) is 20.8 Å². The lowest BCUT2D eigenvalue weighted by molar-refractivity contribution is 0.632. The second-order valence-corrected chi connectivity index (χ2v) is 6.09. The van der Waals surface area contributed by atoms with Gasteiger partial charge in [0, 0.05) is 17.2 Å². The lowest BCUT2D eigenvalue weighted by Crippen LogP contribution is -2.00. The van der Waals surface area contributed by atoms with Gasteiger partial charge in [0.15, 0.2) is 0 Å². The van der Waals surface area contributed by atoms with Crippen LogP contribution in [0.15, 0.2) is 48.6 Å². The van der Waals surface area contributed by atoms with Crippen LogP contribution in [-0.4, -0.2) is 9.78 Å². The van der Waals surface area contributed by atoms with Crippen molar-refractivity contribution in [2.75, 3.05) is 0 Å². The molecule has 2 aliphatic rings. The fourth-order valence-electron chi connectivity index (χ4n) is 2.29. The highest BCUT2D eigenvalue weighted by Gasteiger charge is 2.15. The molecule has 20 heavy (non-hydrogen) atoms. The summed E-state index contributed by atoms with van der Waals surface area (Å²) in [5, 5.41) is 4.69. The molecule has 2 heterocycles. The SMILES string of the molecule is CC1C=CC=C(c2cc3n(n2)C=CC(C)(C)C=C3)C=C1. The lowest BCUT2D eigenvalue weighted by Gasteiger charge is -2.11. The van der Waals surface area contributed by atoms with Crippen LogP contribution < -0.4 is 0 Å². The Hall–Kier alpha value is -2.09. The Labute approximate surface area is 120 Å². The van der Waals surface area contributed by atoms with Gasteiger partial charge < -0.3 is 0 Å². The Balaban J connectivity index is 1.97. The van der Waals surface area contributed by atoms with Crippen molar-refractivity contribution in [3.8, 4) is 0 Å². The normalized spacial score (nSPS) is 23.1. The predicted molar refractivity (Wildman–Crippen MR) is 85.8 cm³/mol. The van der Waals surface area contributed by atoms with Crippen LogP contribution in [0.5, 0.6) is 0 Å². The van der Waals surface area contributed by atoms with Gasteiger partial charge in [0.2, 0.25) is 0 Å². The van der Waals surface area contributed by atoms with Crippen LogP contribution in [0.4, 0.5) is 0 Å². The summed E-state index contributed by atoms with van der Waals surface area (Å²) in [6.45, 7) is 6.56. The largest absolute Gasteiger partial charge is 0.241 e. The predicted octanol–water partition coefficient (Wildman–Crippen LogP) is 4.55. The molecule has 3 rings (SSSR count). The van der Waals surface area contributed by atoms with Crippen LogP contribution >= 0.6 is 0 Å². The van der Waals surface area contributed by atoms with Crippen molar-refractivity contribution < 1.29 is 0 Å². The van der Waals surface area contributed by atoms with E-state index >= 15 is 0 Å². The molecule has 2 nitrogen and oxygen atoms in total. The van der Waals surface area contributed by atoms with Gasteiger partial charge in [0.1, 0.15) is 0 Å². The number of allylic oxidation sites excluding steroid dienone is 8. The van der Waals surface area contributed by atoms with Crippen molar-refractivity contribution >= 4 is 17.8 Å². The van der Waals surface area contributed by atoms with Crippen LogP contribution in [0.1, 0.15) is 32.2 Å². The number of hydrogen-bond donors (Lipinski definition) is 0. The van der Waals surface area contributed by atoms with Gasteiger partial charge >= 0.3 is 0 Å². The van der Waals surface area contributed by atoms with Gasteiger partial charge in [-0.15, -0.1) is 0 Å². The molecule has 1 aromatic rings. The zero-order chi connectivity index (χ0) is 14.2. The van der Waals surface area contributed by atoms with Gasteiger partial charge in [-0.2, -0.15) is 5.10 Å². The van der Waals surface area contributed by atoms with E-state index in [4.69, 9.17) is 5.10 Å². The molecule has 0 saturated heterocycles. The summed E-state index contributed by atoms with van der Waals surface area (Å²) in [6, 6.07) is 2.14. The molecule has 0 N–H and O–H groups in total. The maximum absolute atomic E-state index is 4.69. The van der Waals surface area contributed by atoms with E-state index in [9.17, 15) is 0 Å². The minimum absolute atomic E-state index is 0.0839. The maximum Gasteiger partial charge on any atom is 0.0933 e. The highest BCUT2D eigenvalue weighted by Crippen LogP contribution is 2.27. The van der Waals surface area contributed by atoms with Gasteiger partial charge in [-0.1, -0.05) is 63.3 Å². The molecule has 102 valence electrons. The summed E-state index contributed by atoms with van der Waals surface area (Å²) in [5.74, 6) is 0.477. The quantitative estimate of drug-likeness (QED) is 0.727. The summed E-state index contributed by atoms with van der Waals surface area (Å²) in [6.07, 6.45) is 19.4. The molecule has 0 saturated carbocycles. The molecule has 0 spiro atoms. The van der Waals surface area contributed by atoms with E-state index < -0.39 is 0 Å². The second kappa shape index (κ2) is 4.78. The molecule has 0 amide bonds. The lowest BCUT2D eigenvalue weighted by atomic mass is 9.93. The average molecular weight is 264 g/mol. The van der Waals surface area contributed by atoms with Crippen molar-refractivity contribution in [3.05, 3.63) is 60.0 Å². The van der Waals surface area contributed by atoms with Gasteiger partial charge in [0.25, 0.3) is 0 Å². The molecule has 1 aliphatic heterocycles. The van der Waals surface area contributed by atoms with Crippen molar-refractivity contribution in [1.82, 2.24) is 9.78 Å². The first-order chi connectivity index (χ1) is 9.53. The molecular weight excluding hydrogens is 244 g/mol. The fraction of sp³-hybridized carbons (Fsp3) is 0.278. The average Bonchev–Trinajstić information content (AvgIpc) is 2.60. The molecule has 0 fully saturated rings. The van der Waals surface area contributed by atoms with E-state index in [1.165, 1.54) is 0 Å². The van der Waals surface area contributed by atoms with Crippen LogP contribution in [0.3, 0.4) is 0 Å². The third-order valence-corrected chi connectivity index (χ3v) is 3.66. The van der Waals surface area contributed by atoms with Crippen molar-refractivity contribution in [3.63, 3.8) is 0 Å². The molecule has 0 aromatic carbocycles. The third-order valence-electron chi connectivity index (χ3n) is 3.66. The Kier molecular flexibility index (Phi) is 3.09. The van der Waals surface area contributed by atoms with Gasteiger partial charge in [0.05, 0.1) is 11.4 Å². The third kappa shape index (κ3) is 2.60. The fourth-order valence-corrected chi connectivity index (χ4v) is 2.29. The van der Waals surface area contributed by atoms with Gasteiger partial charge in [-0.25, -0.2) is 4.68 Å². The zero-order valence-corrected chi connectivity index (χ0v) is 12.2. The first kappa shape index (κ1) is 12.9. The van der Waals surface area contributed by atoms with Crippen LogP contribution in [0, 0.1) is 11.3 Å². The Bertz CT molecular complexity index is 630.